The van der Waals surface area contributed by atoms with Crippen LogP contribution >= 0.6 is 15.9 Å². The molecule has 4 heteroatoms. The smallest absolute Gasteiger partial charge is 0.404 e. The Morgan fingerprint density at radius 1 is 1.60 bits per heavy atom. The second kappa shape index (κ2) is 5.16. The number of carbonyl (C=O) groups excluding carboxylic acids is 1. The number of carbonyl (C=O) groups is 1. The number of primary amides is 1. The molecule has 0 bridgehead atoms. The van der Waals surface area contributed by atoms with Gasteiger partial charge in [-0.15, -0.1) is 0 Å². The first kappa shape index (κ1) is 12.0. The molecule has 1 aromatic rings. The van der Waals surface area contributed by atoms with E-state index in [-0.39, 0.29) is 5.92 Å². The lowest BCUT2D eigenvalue weighted by Gasteiger charge is -2.12. The minimum Gasteiger partial charge on any atom is -0.449 e. The number of ether oxygens (including phenoxy) is 1. The number of halogens is 1. The van der Waals surface area contributed by atoms with Crippen molar-refractivity contribution in [3.8, 4) is 0 Å². The normalized spacial score (nSPS) is 12.2. The van der Waals surface area contributed by atoms with Crippen molar-refractivity contribution in [1.82, 2.24) is 0 Å². The molecule has 1 unspecified atom stereocenters. The first-order chi connectivity index (χ1) is 7.00. The van der Waals surface area contributed by atoms with Gasteiger partial charge in [0.2, 0.25) is 0 Å². The van der Waals surface area contributed by atoms with E-state index in [9.17, 15) is 4.79 Å². The van der Waals surface area contributed by atoms with Gasteiger partial charge in [-0.25, -0.2) is 4.79 Å². The van der Waals surface area contributed by atoms with Crippen molar-refractivity contribution in [3.63, 3.8) is 0 Å². The number of hydrogen-bond acceptors (Lipinski definition) is 2. The maximum Gasteiger partial charge on any atom is 0.404 e. The van der Waals surface area contributed by atoms with E-state index in [2.05, 4.69) is 22.0 Å². The van der Waals surface area contributed by atoms with E-state index in [4.69, 9.17) is 10.5 Å². The van der Waals surface area contributed by atoms with Crippen LogP contribution in [0.1, 0.15) is 24.0 Å². The Morgan fingerprint density at radius 2 is 2.27 bits per heavy atom. The van der Waals surface area contributed by atoms with E-state index in [0.717, 1.165) is 10.0 Å². The summed E-state index contributed by atoms with van der Waals surface area (Å²) in [6, 6.07) is 6.07. The van der Waals surface area contributed by atoms with Crippen molar-refractivity contribution in [2.75, 3.05) is 6.61 Å². The summed E-state index contributed by atoms with van der Waals surface area (Å²) in [6.45, 7) is 4.33. The second-order valence-corrected chi connectivity index (χ2v) is 4.39. The van der Waals surface area contributed by atoms with Crippen molar-refractivity contribution >= 4 is 22.0 Å². The average molecular weight is 272 g/mol. The molecule has 0 aromatic heterocycles. The fourth-order valence-electron chi connectivity index (χ4n) is 1.28. The number of benzene rings is 1. The summed E-state index contributed by atoms with van der Waals surface area (Å²) in [7, 11) is 0. The molecule has 82 valence electrons. The van der Waals surface area contributed by atoms with Gasteiger partial charge in [-0.2, -0.15) is 0 Å². The summed E-state index contributed by atoms with van der Waals surface area (Å²) in [6.07, 6.45) is -0.726. The molecule has 0 aliphatic rings. The molecule has 1 aromatic carbocycles. The third-order valence-corrected chi connectivity index (χ3v) is 3.12. The van der Waals surface area contributed by atoms with E-state index in [1.165, 1.54) is 5.56 Å². The number of nitrogens with two attached hydrogens (primary N) is 1. The maximum atomic E-state index is 10.4. The van der Waals surface area contributed by atoms with E-state index in [1.807, 2.05) is 26.0 Å². The maximum absolute atomic E-state index is 10.4. The molecule has 0 radical (unpaired) electrons. The van der Waals surface area contributed by atoms with Crippen LogP contribution in [0.5, 0.6) is 0 Å². The van der Waals surface area contributed by atoms with Gasteiger partial charge in [0.05, 0.1) is 6.61 Å². The monoisotopic (exact) mass is 271 g/mol. The fourth-order valence-corrected chi connectivity index (χ4v) is 1.52. The summed E-state index contributed by atoms with van der Waals surface area (Å²) in [5.74, 6) is 0.157. The zero-order valence-electron chi connectivity index (χ0n) is 8.79. The lowest BCUT2D eigenvalue weighted by Crippen LogP contribution is -2.16. The fraction of sp³-hybridized carbons (Fsp3) is 0.364. The molecular weight excluding hydrogens is 258 g/mol. The van der Waals surface area contributed by atoms with Gasteiger partial charge in [-0.05, 0) is 24.1 Å². The van der Waals surface area contributed by atoms with Crippen LogP contribution in [-0.4, -0.2) is 12.7 Å². The molecular formula is C11H14BrNO2. The van der Waals surface area contributed by atoms with Crippen LogP contribution in [0.3, 0.4) is 0 Å². The highest BCUT2D eigenvalue weighted by Gasteiger charge is 2.08. The third-order valence-electron chi connectivity index (χ3n) is 2.23. The van der Waals surface area contributed by atoms with Crippen molar-refractivity contribution in [3.05, 3.63) is 33.8 Å². The molecule has 1 atom stereocenters. The molecule has 0 saturated heterocycles. The lowest BCUT2D eigenvalue weighted by atomic mass is 10.0. The van der Waals surface area contributed by atoms with Gasteiger partial charge in [0, 0.05) is 10.4 Å². The Bertz CT molecular complexity index is 366. The molecule has 0 fully saturated rings. The Labute approximate surface area is 97.7 Å². The molecule has 3 nitrogen and oxygen atoms in total. The molecule has 2 N–H and O–H groups in total. The van der Waals surface area contributed by atoms with Crippen LogP contribution in [-0.2, 0) is 4.74 Å². The van der Waals surface area contributed by atoms with Gasteiger partial charge >= 0.3 is 6.09 Å². The van der Waals surface area contributed by atoms with Crippen LogP contribution in [0.25, 0.3) is 0 Å². The zero-order valence-corrected chi connectivity index (χ0v) is 10.4. The van der Waals surface area contributed by atoms with Crippen LogP contribution in [0.15, 0.2) is 22.7 Å². The highest BCUT2D eigenvalue weighted by atomic mass is 79.9. The molecule has 15 heavy (non-hydrogen) atoms. The summed E-state index contributed by atoms with van der Waals surface area (Å²) >= 11 is 3.44. The third kappa shape index (κ3) is 3.55. The van der Waals surface area contributed by atoms with Crippen molar-refractivity contribution in [2.24, 2.45) is 5.73 Å². The standard InChI is InChI=1S/C11H14BrNO2/c1-7-5-9(3-4-10(7)12)8(2)6-15-11(13)14/h3-5,8H,6H2,1-2H3,(H2,13,14). The van der Waals surface area contributed by atoms with E-state index >= 15 is 0 Å². The van der Waals surface area contributed by atoms with Gasteiger partial charge in [-0.3, -0.25) is 0 Å². The second-order valence-electron chi connectivity index (χ2n) is 3.54. The van der Waals surface area contributed by atoms with Gasteiger partial charge in [-0.1, -0.05) is 35.0 Å². The van der Waals surface area contributed by atoms with Crippen molar-refractivity contribution in [1.29, 1.82) is 0 Å². The van der Waals surface area contributed by atoms with Gasteiger partial charge in [0.25, 0.3) is 0 Å². The van der Waals surface area contributed by atoms with Gasteiger partial charge < -0.3 is 10.5 Å². The summed E-state index contributed by atoms with van der Waals surface area (Å²) in [5, 5.41) is 0. The van der Waals surface area contributed by atoms with Crippen LogP contribution in [0.4, 0.5) is 4.79 Å². The lowest BCUT2D eigenvalue weighted by molar-refractivity contribution is 0.151. The molecule has 0 spiro atoms. The number of aryl methyl sites for hydroxylation is 1. The Balaban J connectivity index is 2.69. The molecule has 0 heterocycles. The number of amides is 1. The molecule has 0 aliphatic heterocycles. The SMILES string of the molecule is Cc1cc(C(C)COC(N)=O)ccc1Br. The Morgan fingerprint density at radius 3 is 2.80 bits per heavy atom. The minimum atomic E-state index is -0.726. The topological polar surface area (TPSA) is 52.3 Å². The predicted octanol–water partition coefficient (Wildman–Crippen LogP) is 2.96. The van der Waals surface area contributed by atoms with Crippen LogP contribution < -0.4 is 5.73 Å². The Kier molecular flexibility index (Phi) is 4.15. The van der Waals surface area contributed by atoms with Gasteiger partial charge in [0.15, 0.2) is 0 Å². The number of hydrogen-bond donors (Lipinski definition) is 1. The highest BCUT2D eigenvalue weighted by Crippen LogP contribution is 2.22. The van der Waals surface area contributed by atoms with E-state index < -0.39 is 6.09 Å². The zero-order chi connectivity index (χ0) is 11.4. The largest absolute Gasteiger partial charge is 0.449 e. The van der Waals surface area contributed by atoms with Crippen LogP contribution in [0, 0.1) is 6.92 Å². The van der Waals surface area contributed by atoms with E-state index in [0.29, 0.717) is 6.61 Å². The predicted molar refractivity (Wildman–Crippen MR) is 62.8 cm³/mol. The average Bonchev–Trinajstić information content (AvgIpc) is 2.18. The summed E-state index contributed by atoms with van der Waals surface area (Å²) in [5.41, 5.74) is 7.21. The highest BCUT2D eigenvalue weighted by molar-refractivity contribution is 9.10. The number of rotatable bonds is 3. The molecule has 0 saturated carbocycles. The van der Waals surface area contributed by atoms with Crippen molar-refractivity contribution < 1.29 is 9.53 Å². The molecule has 1 rings (SSSR count). The van der Waals surface area contributed by atoms with Crippen LogP contribution in [0.2, 0.25) is 0 Å². The summed E-state index contributed by atoms with van der Waals surface area (Å²) < 4.78 is 5.83. The first-order valence-corrected chi connectivity index (χ1v) is 5.48. The van der Waals surface area contributed by atoms with Gasteiger partial charge in [0.1, 0.15) is 0 Å². The quantitative estimate of drug-likeness (QED) is 0.919. The molecule has 1 amide bonds. The molecule has 0 aliphatic carbocycles. The van der Waals surface area contributed by atoms with Crippen molar-refractivity contribution in [2.45, 2.75) is 19.8 Å². The van der Waals surface area contributed by atoms with E-state index in [1.54, 1.807) is 0 Å². The first-order valence-electron chi connectivity index (χ1n) is 4.69. The minimum absolute atomic E-state index is 0.157. The Hall–Kier alpha value is -1.03. The summed E-state index contributed by atoms with van der Waals surface area (Å²) in [4.78, 5) is 10.4.